The molecule has 0 bridgehead atoms. The van der Waals surface area contributed by atoms with E-state index in [0.717, 1.165) is 11.4 Å². The lowest BCUT2D eigenvalue weighted by Crippen LogP contribution is -2.45. The summed E-state index contributed by atoms with van der Waals surface area (Å²) in [6.07, 6.45) is 0. The fourth-order valence-corrected chi connectivity index (χ4v) is 1.28. The van der Waals surface area contributed by atoms with Crippen LogP contribution < -0.4 is 11.1 Å². The average molecular weight is 220 g/mol. The number of nitrogens with one attached hydrogen (secondary N) is 1. The maximum Gasteiger partial charge on any atom is 0.189 e. The Labute approximate surface area is 97.0 Å². The molecule has 1 aromatic rings. The minimum atomic E-state index is -0.0619. The SMILES string of the molecule is Cc1cccc(CN=C(N)NC(C)(C)C)n1. The van der Waals surface area contributed by atoms with E-state index in [-0.39, 0.29) is 5.54 Å². The van der Waals surface area contributed by atoms with E-state index in [1.807, 2.05) is 45.9 Å². The highest BCUT2D eigenvalue weighted by Gasteiger charge is 2.09. The highest BCUT2D eigenvalue weighted by atomic mass is 15.1. The van der Waals surface area contributed by atoms with E-state index in [4.69, 9.17) is 5.73 Å². The maximum absolute atomic E-state index is 5.76. The number of aryl methyl sites for hydroxylation is 1. The van der Waals surface area contributed by atoms with Crippen molar-refractivity contribution < 1.29 is 0 Å². The lowest BCUT2D eigenvalue weighted by atomic mass is 10.1. The Bertz CT molecular complexity index is 377. The molecule has 0 unspecified atom stereocenters. The van der Waals surface area contributed by atoms with Crippen LogP contribution in [0.2, 0.25) is 0 Å². The number of guanidine groups is 1. The molecule has 4 nitrogen and oxygen atoms in total. The van der Waals surface area contributed by atoms with Gasteiger partial charge < -0.3 is 11.1 Å². The number of aromatic nitrogens is 1. The van der Waals surface area contributed by atoms with Crippen LogP contribution in [-0.4, -0.2) is 16.5 Å². The van der Waals surface area contributed by atoms with Crippen LogP contribution in [-0.2, 0) is 6.54 Å². The molecule has 0 aliphatic rings. The summed E-state index contributed by atoms with van der Waals surface area (Å²) in [4.78, 5) is 8.59. The quantitative estimate of drug-likeness (QED) is 0.587. The van der Waals surface area contributed by atoms with Gasteiger partial charge in [0.1, 0.15) is 0 Å². The van der Waals surface area contributed by atoms with Crippen LogP contribution in [0.15, 0.2) is 23.2 Å². The minimum Gasteiger partial charge on any atom is -0.370 e. The summed E-state index contributed by atoms with van der Waals surface area (Å²) in [5, 5.41) is 3.10. The van der Waals surface area contributed by atoms with Gasteiger partial charge in [0.25, 0.3) is 0 Å². The van der Waals surface area contributed by atoms with Gasteiger partial charge in [-0.15, -0.1) is 0 Å². The van der Waals surface area contributed by atoms with E-state index in [1.165, 1.54) is 0 Å². The molecule has 0 aromatic carbocycles. The molecule has 0 saturated heterocycles. The lowest BCUT2D eigenvalue weighted by molar-refractivity contribution is 0.508. The Morgan fingerprint density at radius 3 is 2.69 bits per heavy atom. The third kappa shape index (κ3) is 4.77. The molecule has 0 amide bonds. The van der Waals surface area contributed by atoms with Crippen LogP contribution in [0.5, 0.6) is 0 Å². The van der Waals surface area contributed by atoms with Crippen molar-refractivity contribution in [2.24, 2.45) is 10.7 Å². The van der Waals surface area contributed by atoms with Crippen molar-refractivity contribution >= 4 is 5.96 Å². The summed E-state index contributed by atoms with van der Waals surface area (Å²) in [6, 6.07) is 5.88. The van der Waals surface area contributed by atoms with Gasteiger partial charge in [0.2, 0.25) is 0 Å². The van der Waals surface area contributed by atoms with Gasteiger partial charge in [0.15, 0.2) is 5.96 Å². The van der Waals surface area contributed by atoms with Crippen molar-refractivity contribution in [3.63, 3.8) is 0 Å². The Morgan fingerprint density at radius 2 is 2.12 bits per heavy atom. The molecule has 0 atom stereocenters. The summed E-state index contributed by atoms with van der Waals surface area (Å²) in [5.41, 5.74) is 7.62. The lowest BCUT2D eigenvalue weighted by Gasteiger charge is -2.20. The van der Waals surface area contributed by atoms with Gasteiger partial charge in [-0.1, -0.05) is 6.07 Å². The molecule has 88 valence electrons. The zero-order valence-electron chi connectivity index (χ0n) is 10.4. The van der Waals surface area contributed by atoms with Crippen LogP contribution >= 0.6 is 0 Å². The van der Waals surface area contributed by atoms with Crippen LogP contribution in [0.3, 0.4) is 0 Å². The molecule has 0 spiro atoms. The Kier molecular flexibility index (Phi) is 3.88. The van der Waals surface area contributed by atoms with Gasteiger partial charge in [-0.25, -0.2) is 4.99 Å². The molecular weight excluding hydrogens is 200 g/mol. The predicted molar refractivity (Wildman–Crippen MR) is 67.2 cm³/mol. The van der Waals surface area contributed by atoms with Crippen molar-refractivity contribution in [2.45, 2.75) is 39.8 Å². The van der Waals surface area contributed by atoms with Crippen LogP contribution in [0.1, 0.15) is 32.2 Å². The van der Waals surface area contributed by atoms with Gasteiger partial charge >= 0.3 is 0 Å². The Balaban J connectivity index is 2.59. The minimum absolute atomic E-state index is 0.0619. The highest BCUT2D eigenvalue weighted by molar-refractivity contribution is 5.78. The zero-order chi connectivity index (χ0) is 12.2. The molecule has 3 N–H and O–H groups in total. The molecule has 16 heavy (non-hydrogen) atoms. The van der Waals surface area contributed by atoms with Crippen LogP contribution in [0.25, 0.3) is 0 Å². The molecular formula is C12H20N4. The number of hydrogen-bond acceptors (Lipinski definition) is 2. The largest absolute Gasteiger partial charge is 0.370 e. The summed E-state index contributed by atoms with van der Waals surface area (Å²) in [6.45, 7) is 8.60. The maximum atomic E-state index is 5.76. The van der Waals surface area contributed by atoms with E-state index in [0.29, 0.717) is 12.5 Å². The number of aliphatic imine (C=N–C) groups is 1. The predicted octanol–water partition coefficient (Wildman–Crippen LogP) is 1.59. The molecule has 1 heterocycles. The second-order valence-electron chi connectivity index (χ2n) is 4.85. The first-order valence-corrected chi connectivity index (χ1v) is 5.37. The van der Waals surface area contributed by atoms with Crippen molar-refractivity contribution in [1.82, 2.24) is 10.3 Å². The van der Waals surface area contributed by atoms with E-state index in [9.17, 15) is 0 Å². The van der Waals surface area contributed by atoms with Gasteiger partial charge in [-0.3, -0.25) is 4.98 Å². The smallest absolute Gasteiger partial charge is 0.189 e. The summed E-state index contributed by atoms with van der Waals surface area (Å²) >= 11 is 0. The Morgan fingerprint density at radius 1 is 1.44 bits per heavy atom. The average Bonchev–Trinajstić information content (AvgIpc) is 2.12. The van der Waals surface area contributed by atoms with Crippen molar-refractivity contribution in [3.05, 3.63) is 29.6 Å². The first-order valence-electron chi connectivity index (χ1n) is 5.37. The second-order valence-corrected chi connectivity index (χ2v) is 4.85. The second kappa shape index (κ2) is 4.96. The molecule has 1 aromatic heterocycles. The molecule has 1 rings (SSSR count). The topological polar surface area (TPSA) is 63.3 Å². The number of nitrogens with two attached hydrogens (primary N) is 1. The Hall–Kier alpha value is -1.58. The fourth-order valence-electron chi connectivity index (χ4n) is 1.28. The van der Waals surface area contributed by atoms with Gasteiger partial charge in [0.05, 0.1) is 12.2 Å². The number of rotatable bonds is 2. The number of nitrogens with zero attached hydrogens (tertiary/aromatic N) is 2. The van der Waals surface area contributed by atoms with E-state index in [2.05, 4.69) is 15.3 Å². The normalized spacial score (nSPS) is 12.6. The van der Waals surface area contributed by atoms with E-state index in [1.54, 1.807) is 0 Å². The van der Waals surface area contributed by atoms with Crippen molar-refractivity contribution in [3.8, 4) is 0 Å². The number of hydrogen-bond donors (Lipinski definition) is 2. The van der Waals surface area contributed by atoms with E-state index < -0.39 is 0 Å². The van der Waals surface area contributed by atoms with Crippen LogP contribution in [0, 0.1) is 6.92 Å². The number of pyridine rings is 1. The summed E-state index contributed by atoms with van der Waals surface area (Å²) < 4.78 is 0. The van der Waals surface area contributed by atoms with Crippen molar-refractivity contribution in [2.75, 3.05) is 0 Å². The standard InChI is InChI=1S/C12H20N4/c1-9-6-5-7-10(15-9)8-14-11(13)16-12(2,3)4/h5-7H,8H2,1-4H3,(H3,13,14,16). The van der Waals surface area contributed by atoms with Gasteiger partial charge in [-0.2, -0.15) is 0 Å². The molecule has 0 aliphatic carbocycles. The summed E-state index contributed by atoms with van der Waals surface area (Å²) in [7, 11) is 0. The third-order valence-electron chi connectivity index (χ3n) is 1.86. The molecule has 0 radical (unpaired) electrons. The zero-order valence-corrected chi connectivity index (χ0v) is 10.4. The van der Waals surface area contributed by atoms with Crippen LogP contribution in [0.4, 0.5) is 0 Å². The van der Waals surface area contributed by atoms with Gasteiger partial charge in [-0.05, 0) is 39.8 Å². The van der Waals surface area contributed by atoms with Crippen molar-refractivity contribution in [1.29, 1.82) is 0 Å². The molecule has 0 aliphatic heterocycles. The molecule has 4 heteroatoms. The van der Waals surface area contributed by atoms with Gasteiger partial charge in [0, 0.05) is 11.2 Å². The monoisotopic (exact) mass is 220 g/mol. The fraction of sp³-hybridized carbons (Fsp3) is 0.500. The molecule has 0 fully saturated rings. The third-order valence-corrected chi connectivity index (χ3v) is 1.86. The first kappa shape index (κ1) is 12.5. The van der Waals surface area contributed by atoms with E-state index >= 15 is 0 Å². The summed E-state index contributed by atoms with van der Waals surface area (Å²) in [5.74, 6) is 0.454. The molecule has 0 saturated carbocycles. The highest BCUT2D eigenvalue weighted by Crippen LogP contribution is 2.01. The first-order chi connectivity index (χ1) is 7.37.